The first-order valence-electron chi connectivity index (χ1n) is 12.2. The molecule has 0 aliphatic rings. The Labute approximate surface area is 196 Å². The van der Waals surface area contributed by atoms with Crippen LogP contribution in [0.4, 0.5) is 0 Å². The molecule has 0 radical (unpaired) electrons. The van der Waals surface area contributed by atoms with Crippen molar-refractivity contribution in [2.75, 3.05) is 0 Å². The maximum absolute atomic E-state index is 8.78. The first-order valence-corrected chi connectivity index (χ1v) is 11.2. The molecule has 0 atom stereocenters. The van der Waals surface area contributed by atoms with Crippen LogP contribution in [0.1, 0.15) is 29.1 Å². The Kier molecular flexibility index (Phi) is 3.93. The molecule has 0 spiro atoms. The number of fused-ring (bicyclic) bond motifs is 3. The van der Waals surface area contributed by atoms with Gasteiger partial charge in [0.05, 0.1) is 16.6 Å². The van der Waals surface area contributed by atoms with E-state index in [0.717, 1.165) is 38.9 Å². The van der Waals surface area contributed by atoms with Gasteiger partial charge in [0.25, 0.3) is 0 Å². The molecule has 0 amide bonds. The average molecular weight is 433 g/mol. The second-order valence-electron chi connectivity index (χ2n) is 9.53. The normalized spacial score (nSPS) is 13.5. The molecule has 0 saturated carbocycles. The van der Waals surface area contributed by atoms with E-state index in [2.05, 4.69) is 41.0 Å². The minimum atomic E-state index is -1.51. The summed E-state index contributed by atoms with van der Waals surface area (Å²) in [6.07, 6.45) is 0.230. The van der Waals surface area contributed by atoms with Gasteiger partial charge in [-0.15, -0.1) is 0 Å². The summed E-state index contributed by atoms with van der Waals surface area (Å²) in [4.78, 5) is 5.01. The van der Waals surface area contributed by atoms with Crippen molar-refractivity contribution in [3.63, 3.8) is 0 Å². The number of furan rings is 1. The second-order valence-corrected chi connectivity index (χ2v) is 9.53. The van der Waals surface area contributed by atoms with Crippen LogP contribution in [0.25, 0.3) is 49.9 Å². The summed E-state index contributed by atoms with van der Waals surface area (Å²) < 4.78 is 25.7. The summed E-state index contributed by atoms with van der Waals surface area (Å²) in [5.74, 6) is 0.772. The zero-order valence-electron chi connectivity index (χ0n) is 21.0. The highest BCUT2D eigenvalue weighted by molar-refractivity contribution is 5.96. The molecule has 3 heteroatoms. The fraction of sp³-hybridized carbons (Fsp3) is 0.167. The van der Waals surface area contributed by atoms with Crippen molar-refractivity contribution in [2.24, 2.45) is 5.41 Å². The van der Waals surface area contributed by atoms with Gasteiger partial charge in [-0.25, -0.2) is 4.98 Å². The smallest absolute Gasteiger partial charge is 0.149 e. The van der Waals surface area contributed by atoms with Crippen molar-refractivity contribution in [1.29, 1.82) is 0 Å². The van der Waals surface area contributed by atoms with E-state index in [0.29, 0.717) is 11.1 Å². The van der Waals surface area contributed by atoms with Crippen molar-refractivity contribution in [3.05, 3.63) is 96.8 Å². The summed E-state index contributed by atoms with van der Waals surface area (Å²) in [6.45, 7) is 5.77. The van der Waals surface area contributed by atoms with Gasteiger partial charge in [0, 0.05) is 13.8 Å². The van der Waals surface area contributed by atoms with Crippen LogP contribution in [0.2, 0.25) is 0 Å². The molecule has 0 aliphatic carbocycles. The molecule has 4 aromatic carbocycles. The summed E-state index contributed by atoms with van der Waals surface area (Å²) in [7, 11) is 0. The molecule has 0 unspecified atom stereocenters. The Bertz CT molecular complexity index is 1720. The summed E-state index contributed by atoms with van der Waals surface area (Å²) in [5, 5.41) is 3.20. The molecule has 0 saturated heterocycles. The van der Waals surface area contributed by atoms with Crippen molar-refractivity contribution >= 4 is 32.8 Å². The molecular formula is C30H26N2O. The van der Waals surface area contributed by atoms with E-state index in [4.69, 9.17) is 12.1 Å². The molecule has 6 rings (SSSR count). The van der Waals surface area contributed by atoms with Crippen molar-refractivity contribution in [1.82, 2.24) is 9.55 Å². The van der Waals surface area contributed by atoms with Gasteiger partial charge in [0.15, 0.2) is 0 Å². The molecule has 6 aromatic rings. The number of hydrogen-bond donors (Lipinski definition) is 0. The van der Waals surface area contributed by atoms with Crippen LogP contribution in [0, 0.1) is 5.41 Å². The molecule has 2 heterocycles. The lowest BCUT2D eigenvalue weighted by Gasteiger charge is -2.18. The number of benzene rings is 4. The van der Waals surface area contributed by atoms with Crippen molar-refractivity contribution in [2.45, 2.75) is 27.1 Å². The van der Waals surface area contributed by atoms with Crippen LogP contribution in [-0.2, 0) is 6.37 Å². The van der Waals surface area contributed by atoms with E-state index < -0.39 is 11.8 Å². The standard InChI is InChI=1S/C30H26N2O/c1-30(2,3)18-20-12-15-28-24(16-20)25(19-33-28)29-31-26-10-6-7-11-27(26)32(29)23-14-13-21-8-4-5-9-22(21)17-23/h4-17,19H,18H2,1-3H3/i18D2. The Morgan fingerprint density at radius 1 is 0.879 bits per heavy atom. The van der Waals surface area contributed by atoms with E-state index in [1.165, 1.54) is 5.39 Å². The largest absolute Gasteiger partial charge is 0.464 e. The second kappa shape index (κ2) is 7.35. The Balaban J connectivity index is 1.62. The monoisotopic (exact) mass is 432 g/mol. The van der Waals surface area contributed by atoms with Crippen LogP contribution < -0.4 is 0 Å². The molecule has 3 nitrogen and oxygen atoms in total. The summed E-state index contributed by atoms with van der Waals surface area (Å²) >= 11 is 0. The Hall–Kier alpha value is -3.85. The van der Waals surface area contributed by atoms with Crippen molar-refractivity contribution < 1.29 is 7.16 Å². The number of aromatic nitrogens is 2. The van der Waals surface area contributed by atoms with Gasteiger partial charge in [0.1, 0.15) is 17.7 Å². The van der Waals surface area contributed by atoms with Gasteiger partial charge < -0.3 is 4.42 Å². The first kappa shape index (κ1) is 17.7. The zero-order valence-corrected chi connectivity index (χ0v) is 19.0. The van der Waals surface area contributed by atoms with Crippen LogP contribution in [0.5, 0.6) is 0 Å². The highest BCUT2D eigenvalue weighted by atomic mass is 16.3. The van der Waals surface area contributed by atoms with E-state index >= 15 is 0 Å². The van der Waals surface area contributed by atoms with Gasteiger partial charge in [-0.3, -0.25) is 4.57 Å². The van der Waals surface area contributed by atoms with Crippen LogP contribution in [0.15, 0.2) is 95.6 Å². The Morgan fingerprint density at radius 3 is 2.52 bits per heavy atom. The molecule has 33 heavy (non-hydrogen) atoms. The number of imidazole rings is 1. The summed E-state index contributed by atoms with van der Waals surface area (Å²) in [6, 6.07) is 28.5. The topological polar surface area (TPSA) is 31.0 Å². The highest BCUT2D eigenvalue weighted by Crippen LogP contribution is 2.36. The highest BCUT2D eigenvalue weighted by Gasteiger charge is 2.20. The number of rotatable bonds is 3. The van der Waals surface area contributed by atoms with Crippen LogP contribution in [0.3, 0.4) is 0 Å². The SMILES string of the molecule is [2H]C([2H])(c1ccc2occ(-c3nc4ccccc4n3-c3ccc4ccccc4c3)c2c1)C(C)(C)C. The minimum Gasteiger partial charge on any atom is -0.464 e. The first-order chi connectivity index (χ1) is 16.7. The maximum atomic E-state index is 8.78. The predicted molar refractivity (Wildman–Crippen MR) is 137 cm³/mol. The molecular weight excluding hydrogens is 404 g/mol. The van der Waals surface area contributed by atoms with Crippen molar-refractivity contribution in [3.8, 4) is 17.1 Å². The lowest BCUT2D eigenvalue weighted by Crippen LogP contribution is -2.08. The third-order valence-electron chi connectivity index (χ3n) is 5.89. The third-order valence-corrected chi connectivity index (χ3v) is 5.89. The molecule has 2 aromatic heterocycles. The van der Waals surface area contributed by atoms with Gasteiger partial charge >= 0.3 is 0 Å². The summed E-state index contributed by atoms with van der Waals surface area (Å²) in [5.41, 5.74) is 4.56. The van der Waals surface area contributed by atoms with E-state index in [1.54, 1.807) is 6.26 Å². The van der Waals surface area contributed by atoms with Gasteiger partial charge in [-0.2, -0.15) is 0 Å². The number of para-hydroxylation sites is 2. The maximum Gasteiger partial charge on any atom is 0.149 e. The zero-order chi connectivity index (χ0) is 24.4. The van der Waals surface area contributed by atoms with Crippen LogP contribution in [-0.4, -0.2) is 9.55 Å². The fourth-order valence-electron chi connectivity index (χ4n) is 4.50. The predicted octanol–water partition coefficient (Wildman–Crippen LogP) is 8.18. The fourth-order valence-corrected chi connectivity index (χ4v) is 4.50. The lowest BCUT2D eigenvalue weighted by atomic mass is 9.88. The average Bonchev–Trinajstić information content (AvgIpc) is 3.43. The third kappa shape index (κ3) is 3.50. The molecule has 0 fully saturated rings. The molecule has 0 N–H and O–H groups in total. The van der Waals surface area contributed by atoms with Gasteiger partial charge in [-0.1, -0.05) is 69.3 Å². The molecule has 162 valence electrons. The lowest BCUT2D eigenvalue weighted by molar-refractivity contribution is 0.411. The number of hydrogen-bond acceptors (Lipinski definition) is 2. The molecule has 0 bridgehead atoms. The van der Waals surface area contributed by atoms with E-state index in [1.807, 2.05) is 69.3 Å². The van der Waals surface area contributed by atoms with Gasteiger partial charge in [-0.05, 0) is 64.5 Å². The minimum absolute atomic E-state index is 0.553. The number of nitrogens with zero attached hydrogens (tertiary/aromatic N) is 2. The van der Waals surface area contributed by atoms with E-state index in [-0.39, 0.29) is 0 Å². The quantitative estimate of drug-likeness (QED) is 0.282. The van der Waals surface area contributed by atoms with Crippen LogP contribution >= 0.6 is 0 Å². The van der Waals surface area contributed by atoms with Gasteiger partial charge in [0.2, 0.25) is 0 Å². The molecule has 0 aliphatic heterocycles. The Morgan fingerprint density at radius 2 is 1.67 bits per heavy atom. The van der Waals surface area contributed by atoms with E-state index in [9.17, 15) is 0 Å².